The van der Waals surface area contributed by atoms with Gasteiger partial charge in [-0.15, -0.1) is 0 Å². The molecule has 0 aliphatic carbocycles. The summed E-state index contributed by atoms with van der Waals surface area (Å²) in [4.78, 5) is 16.4. The first kappa shape index (κ1) is 23.4. The smallest absolute Gasteiger partial charge is 0.355 e. The molecule has 1 N–H and O–H groups in total. The number of aromatic nitrogens is 2. The van der Waals surface area contributed by atoms with Crippen molar-refractivity contribution in [3.8, 4) is 11.4 Å². The van der Waals surface area contributed by atoms with Crippen LogP contribution in [0.15, 0.2) is 47.0 Å². The molecule has 1 aromatic heterocycles. The average molecular weight is 449 g/mol. The summed E-state index contributed by atoms with van der Waals surface area (Å²) in [6, 6.07) is 9.67. The van der Waals surface area contributed by atoms with E-state index < -0.39 is 17.2 Å². The van der Waals surface area contributed by atoms with Crippen molar-refractivity contribution in [2.45, 2.75) is 45.2 Å². The second-order valence-corrected chi connectivity index (χ2v) is 8.21. The Morgan fingerprint density at radius 2 is 1.81 bits per heavy atom. The van der Waals surface area contributed by atoms with Gasteiger partial charge in [0.05, 0.1) is 5.56 Å². The molecule has 0 fully saturated rings. The number of halogens is 4. The van der Waals surface area contributed by atoms with Gasteiger partial charge in [0, 0.05) is 30.4 Å². The van der Waals surface area contributed by atoms with Crippen LogP contribution in [0.5, 0.6) is 0 Å². The molecule has 0 unspecified atom stereocenters. The van der Waals surface area contributed by atoms with E-state index in [2.05, 4.69) is 15.5 Å². The van der Waals surface area contributed by atoms with Gasteiger partial charge in [0.25, 0.3) is 0 Å². The zero-order valence-corrected chi connectivity index (χ0v) is 17.9. The minimum atomic E-state index is -4.43. The number of nitrogens with zero attached hydrogens (tertiary/aromatic N) is 2. The molecule has 5 nitrogen and oxygen atoms in total. The van der Waals surface area contributed by atoms with Crippen molar-refractivity contribution in [1.29, 1.82) is 0 Å². The van der Waals surface area contributed by atoms with Crippen LogP contribution in [0.3, 0.4) is 0 Å². The number of benzene rings is 2. The molecule has 0 saturated heterocycles. The van der Waals surface area contributed by atoms with Gasteiger partial charge in [-0.1, -0.05) is 49.3 Å². The minimum absolute atomic E-state index is 0.0581. The van der Waals surface area contributed by atoms with E-state index in [1.807, 2.05) is 0 Å². The molecule has 170 valence electrons. The number of carbonyl (C=O) groups excluding carboxylic acids is 1. The monoisotopic (exact) mass is 449 g/mol. The summed E-state index contributed by atoms with van der Waals surface area (Å²) in [7, 11) is 0. The summed E-state index contributed by atoms with van der Waals surface area (Å²) in [6.45, 7) is 5.32. The van der Waals surface area contributed by atoms with Crippen LogP contribution in [0, 0.1) is 12.7 Å². The predicted molar refractivity (Wildman–Crippen MR) is 110 cm³/mol. The molecule has 1 heterocycles. The zero-order chi connectivity index (χ0) is 23.5. The highest BCUT2D eigenvalue weighted by atomic mass is 19.4. The zero-order valence-electron chi connectivity index (χ0n) is 17.9. The number of hydrogen-bond donors (Lipinski definition) is 1. The maximum absolute atomic E-state index is 13.7. The summed E-state index contributed by atoms with van der Waals surface area (Å²) in [5, 5.41) is 6.55. The van der Waals surface area contributed by atoms with Crippen molar-refractivity contribution in [2.75, 3.05) is 6.54 Å². The second-order valence-electron chi connectivity index (χ2n) is 8.21. The molecule has 0 aliphatic rings. The summed E-state index contributed by atoms with van der Waals surface area (Å²) in [5.41, 5.74) is 0.0107. The van der Waals surface area contributed by atoms with Gasteiger partial charge in [-0.25, -0.2) is 4.39 Å². The number of carbonyl (C=O) groups is 1. The third kappa shape index (κ3) is 5.72. The largest absolute Gasteiger partial charge is 0.416 e. The van der Waals surface area contributed by atoms with Gasteiger partial charge in [-0.05, 0) is 30.2 Å². The van der Waals surface area contributed by atoms with Gasteiger partial charge in [0.1, 0.15) is 5.82 Å². The van der Waals surface area contributed by atoms with Crippen LogP contribution in [-0.2, 0) is 22.8 Å². The van der Waals surface area contributed by atoms with E-state index in [1.165, 1.54) is 12.1 Å². The standard InChI is InChI=1S/C23H23F4N3O2/c1-14-7-8-15(11-18(14)24)21-29-20(32-30-21)10-9-19(31)28-13-22(2,3)16-5-4-6-17(12-16)23(25,26)27/h4-8,11-12H,9-10,13H2,1-3H3,(H,28,31). The molecule has 0 spiro atoms. The Morgan fingerprint density at radius 1 is 1.09 bits per heavy atom. The van der Waals surface area contributed by atoms with Crippen LogP contribution >= 0.6 is 0 Å². The first-order chi connectivity index (χ1) is 15.0. The molecule has 1 amide bonds. The van der Waals surface area contributed by atoms with Crippen LogP contribution in [0.2, 0.25) is 0 Å². The quantitative estimate of drug-likeness (QED) is 0.502. The molecule has 0 bridgehead atoms. The normalized spacial score (nSPS) is 12.1. The first-order valence-electron chi connectivity index (χ1n) is 9.99. The third-order valence-electron chi connectivity index (χ3n) is 5.16. The topological polar surface area (TPSA) is 68.0 Å². The molecule has 3 rings (SSSR count). The first-order valence-corrected chi connectivity index (χ1v) is 9.99. The fourth-order valence-corrected chi connectivity index (χ4v) is 3.05. The van der Waals surface area contributed by atoms with Crippen LogP contribution in [-0.4, -0.2) is 22.6 Å². The highest BCUT2D eigenvalue weighted by molar-refractivity contribution is 5.76. The van der Waals surface area contributed by atoms with Gasteiger partial charge < -0.3 is 9.84 Å². The van der Waals surface area contributed by atoms with Gasteiger partial charge in [-0.2, -0.15) is 18.2 Å². The fourth-order valence-electron chi connectivity index (χ4n) is 3.05. The lowest BCUT2D eigenvalue weighted by molar-refractivity contribution is -0.137. The fraction of sp³-hybridized carbons (Fsp3) is 0.348. The third-order valence-corrected chi connectivity index (χ3v) is 5.16. The maximum Gasteiger partial charge on any atom is 0.416 e. The van der Waals surface area contributed by atoms with Gasteiger partial charge in [0.2, 0.25) is 17.6 Å². The summed E-state index contributed by atoms with van der Waals surface area (Å²) < 4.78 is 57.8. The van der Waals surface area contributed by atoms with E-state index in [4.69, 9.17) is 4.52 Å². The molecule has 0 atom stereocenters. The number of amides is 1. The number of rotatable bonds is 7. The molecular weight excluding hydrogens is 426 g/mol. The summed E-state index contributed by atoms with van der Waals surface area (Å²) in [5.74, 6) is -0.221. The Morgan fingerprint density at radius 3 is 2.50 bits per heavy atom. The number of hydrogen-bond acceptors (Lipinski definition) is 4. The molecule has 0 saturated carbocycles. The minimum Gasteiger partial charge on any atom is -0.355 e. The lowest BCUT2D eigenvalue weighted by atomic mass is 9.83. The molecule has 0 aliphatic heterocycles. The van der Waals surface area contributed by atoms with Crippen LogP contribution in [0.25, 0.3) is 11.4 Å². The lowest BCUT2D eigenvalue weighted by Crippen LogP contribution is -2.37. The van der Waals surface area contributed by atoms with Crippen molar-refractivity contribution < 1.29 is 26.9 Å². The van der Waals surface area contributed by atoms with E-state index in [0.29, 0.717) is 16.7 Å². The molecule has 2 aromatic carbocycles. The molecule has 0 radical (unpaired) electrons. The second kappa shape index (κ2) is 9.10. The van der Waals surface area contributed by atoms with E-state index in [-0.39, 0.29) is 42.8 Å². The average Bonchev–Trinajstić information content (AvgIpc) is 3.21. The summed E-state index contributed by atoms with van der Waals surface area (Å²) in [6.07, 6.45) is -4.19. The Hall–Kier alpha value is -3.23. The van der Waals surface area contributed by atoms with E-state index in [0.717, 1.165) is 12.1 Å². The van der Waals surface area contributed by atoms with Crippen LogP contribution in [0.1, 0.15) is 42.8 Å². The van der Waals surface area contributed by atoms with Crippen molar-refractivity contribution in [2.24, 2.45) is 0 Å². The highest BCUT2D eigenvalue weighted by Crippen LogP contribution is 2.32. The van der Waals surface area contributed by atoms with Crippen molar-refractivity contribution >= 4 is 5.91 Å². The number of nitrogens with one attached hydrogen (secondary N) is 1. The van der Waals surface area contributed by atoms with E-state index >= 15 is 0 Å². The number of alkyl halides is 3. The lowest BCUT2D eigenvalue weighted by Gasteiger charge is -2.26. The van der Waals surface area contributed by atoms with Crippen molar-refractivity contribution in [1.82, 2.24) is 15.5 Å². The van der Waals surface area contributed by atoms with Crippen molar-refractivity contribution in [3.05, 3.63) is 70.9 Å². The van der Waals surface area contributed by atoms with Crippen LogP contribution < -0.4 is 5.32 Å². The van der Waals surface area contributed by atoms with E-state index in [9.17, 15) is 22.4 Å². The Balaban J connectivity index is 1.55. The molecule has 3 aromatic rings. The van der Waals surface area contributed by atoms with Crippen molar-refractivity contribution in [3.63, 3.8) is 0 Å². The molecule has 32 heavy (non-hydrogen) atoms. The predicted octanol–water partition coefficient (Wildman–Crippen LogP) is 5.23. The van der Waals surface area contributed by atoms with E-state index in [1.54, 1.807) is 39.0 Å². The maximum atomic E-state index is 13.7. The summed E-state index contributed by atoms with van der Waals surface area (Å²) >= 11 is 0. The SMILES string of the molecule is Cc1ccc(-c2noc(CCC(=O)NCC(C)(C)c3cccc(C(F)(F)F)c3)n2)cc1F. The van der Waals surface area contributed by atoms with Crippen LogP contribution in [0.4, 0.5) is 17.6 Å². The Kier molecular flexibility index (Phi) is 6.66. The molecule has 9 heteroatoms. The Bertz CT molecular complexity index is 1110. The number of aryl methyl sites for hydroxylation is 2. The van der Waals surface area contributed by atoms with Gasteiger partial charge >= 0.3 is 6.18 Å². The molecular formula is C23H23F4N3O2. The van der Waals surface area contributed by atoms with Gasteiger partial charge in [0.15, 0.2) is 0 Å². The highest BCUT2D eigenvalue weighted by Gasteiger charge is 2.32. The Labute approximate surface area is 182 Å². The van der Waals surface area contributed by atoms with Gasteiger partial charge in [-0.3, -0.25) is 4.79 Å².